The molecule has 0 radical (unpaired) electrons. The number of thioether (sulfide) groups is 1. The van der Waals surface area contributed by atoms with Gasteiger partial charge in [-0.15, -0.1) is 10.2 Å². The molecule has 0 unspecified atom stereocenters. The number of hydrogen-bond donors (Lipinski definition) is 1. The first-order valence-corrected chi connectivity index (χ1v) is 8.72. The number of hydrogen-bond acceptors (Lipinski definition) is 5. The van der Waals surface area contributed by atoms with Crippen molar-refractivity contribution in [1.29, 1.82) is 5.26 Å². The lowest BCUT2D eigenvalue weighted by molar-refractivity contribution is -0.113. The fraction of sp³-hybridized carbons (Fsp3) is 0.0588. The van der Waals surface area contributed by atoms with Crippen LogP contribution in [-0.2, 0) is 4.79 Å². The van der Waals surface area contributed by atoms with E-state index in [1.165, 1.54) is 29.1 Å². The van der Waals surface area contributed by atoms with Crippen molar-refractivity contribution in [3.05, 3.63) is 65.2 Å². The van der Waals surface area contributed by atoms with Gasteiger partial charge in [0.2, 0.25) is 5.91 Å². The first kappa shape index (κ1) is 17.9. The number of benzene rings is 2. The second-order valence-corrected chi connectivity index (χ2v) is 6.43. The van der Waals surface area contributed by atoms with Gasteiger partial charge < -0.3 is 5.32 Å². The maximum atomic E-state index is 13.9. The largest absolute Gasteiger partial charge is 0.325 e. The minimum Gasteiger partial charge on any atom is -0.325 e. The van der Waals surface area contributed by atoms with Crippen LogP contribution in [0.3, 0.4) is 0 Å². The number of halogens is 2. The molecule has 9 heteroatoms. The third kappa shape index (κ3) is 4.02. The van der Waals surface area contributed by atoms with Gasteiger partial charge in [0.25, 0.3) is 0 Å². The summed E-state index contributed by atoms with van der Waals surface area (Å²) in [6.07, 6.45) is 1.39. The average Bonchev–Trinajstić information content (AvgIpc) is 3.09. The second kappa shape index (κ2) is 7.99. The van der Waals surface area contributed by atoms with Crippen LogP contribution in [0.15, 0.2) is 53.9 Å². The molecule has 3 aromatic rings. The van der Waals surface area contributed by atoms with Gasteiger partial charge in [-0.05, 0) is 30.3 Å². The minimum atomic E-state index is -0.411. The summed E-state index contributed by atoms with van der Waals surface area (Å²) in [6.45, 7) is 0. The Morgan fingerprint density at radius 1 is 1.35 bits per heavy atom. The molecule has 6 nitrogen and oxygen atoms in total. The number of nitrogens with one attached hydrogen (secondary N) is 1. The van der Waals surface area contributed by atoms with Gasteiger partial charge >= 0.3 is 0 Å². The van der Waals surface area contributed by atoms with Crippen LogP contribution >= 0.6 is 23.4 Å². The summed E-state index contributed by atoms with van der Waals surface area (Å²) in [5.41, 5.74) is 1.12. The quantitative estimate of drug-likeness (QED) is 0.675. The lowest BCUT2D eigenvalue weighted by atomic mass is 10.2. The number of amides is 1. The standard InChI is InChI=1S/C17H11ClFN5OS/c18-13-7-12(6-5-11(13)8-20)22-16(25)9-26-17-23-21-10-24(17)15-4-2-1-3-14(15)19/h1-7,10H,9H2,(H,22,25). The Labute approximate surface area is 157 Å². The van der Waals surface area contributed by atoms with E-state index in [9.17, 15) is 9.18 Å². The Morgan fingerprint density at radius 3 is 2.88 bits per heavy atom. The molecule has 1 amide bonds. The number of aromatic nitrogens is 3. The SMILES string of the molecule is N#Cc1ccc(NC(=O)CSc2nncn2-c2ccccc2F)cc1Cl. The van der Waals surface area contributed by atoms with Crippen LogP contribution in [0.25, 0.3) is 5.69 Å². The lowest BCUT2D eigenvalue weighted by Gasteiger charge is -2.08. The van der Waals surface area contributed by atoms with E-state index < -0.39 is 5.82 Å². The van der Waals surface area contributed by atoms with E-state index in [4.69, 9.17) is 16.9 Å². The van der Waals surface area contributed by atoms with Crippen LogP contribution in [0.1, 0.15) is 5.56 Å². The molecule has 1 aromatic heterocycles. The van der Waals surface area contributed by atoms with Crippen LogP contribution in [0.4, 0.5) is 10.1 Å². The highest BCUT2D eigenvalue weighted by molar-refractivity contribution is 7.99. The van der Waals surface area contributed by atoms with E-state index in [0.717, 1.165) is 11.8 Å². The Hall–Kier alpha value is -2.89. The average molecular weight is 388 g/mol. The number of anilines is 1. The fourth-order valence-electron chi connectivity index (χ4n) is 2.15. The predicted molar refractivity (Wildman–Crippen MR) is 96.8 cm³/mol. The second-order valence-electron chi connectivity index (χ2n) is 5.08. The van der Waals surface area contributed by atoms with Crippen molar-refractivity contribution in [2.75, 3.05) is 11.1 Å². The van der Waals surface area contributed by atoms with Gasteiger partial charge in [-0.1, -0.05) is 35.5 Å². The number of para-hydroxylation sites is 1. The van der Waals surface area contributed by atoms with Crippen LogP contribution in [0.2, 0.25) is 5.02 Å². The van der Waals surface area contributed by atoms with Gasteiger partial charge in [-0.25, -0.2) is 4.39 Å². The van der Waals surface area contributed by atoms with Crippen LogP contribution in [-0.4, -0.2) is 26.4 Å². The van der Waals surface area contributed by atoms with Gasteiger partial charge in [-0.3, -0.25) is 9.36 Å². The summed E-state index contributed by atoms with van der Waals surface area (Å²) < 4.78 is 15.4. The van der Waals surface area contributed by atoms with Crippen LogP contribution < -0.4 is 5.32 Å². The third-order valence-electron chi connectivity index (χ3n) is 3.33. The van der Waals surface area contributed by atoms with Crippen LogP contribution in [0.5, 0.6) is 0 Å². The molecule has 0 fully saturated rings. The molecular weight excluding hydrogens is 377 g/mol. The highest BCUT2D eigenvalue weighted by Gasteiger charge is 2.13. The van der Waals surface area contributed by atoms with Crippen molar-refractivity contribution in [3.63, 3.8) is 0 Å². The zero-order valence-corrected chi connectivity index (χ0v) is 14.8. The molecule has 2 aromatic carbocycles. The van der Waals surface area contributed by atoms with Crippen molar-refractivity contribution in [2.24, 2.45) is 0 Å². The lowest BCUT2D eigenvalue weighted by Crippen LogP contribution is -2.14. The Kier molecular flexibility index (Phi) is 5.51. The summed E-state index contributed by atoms with van der Waals surface area (Å²) in [7, 11) is 0. The fourth-order valence-corrected chi connectivity index (χ4v) is 3.09. The van der Waals surface area contributed by atoms with Crippen molar-refractivity contribution in [1.82, 2.24) is 14.8 Å². The van der Waals surface area contributed by atoms with E-state index in [2.05, 4.69) is 15.5 Å². The summed E-state index contributed by atoms with van der Waals surface area (Å²) in [5.74, 6) is -0.658. The Morgan fingerprint density at radius 2 is 2.15 bits per heavy atom. The maximum absolute atomic E-state index is 13.9. The van der Waals surface area contributed by atoms with Crippen molar-refractivity contribution >= 4 is 35.0 Å². The molecule has 0 aliphatic rings. The predicted octanol–water partition coefficient (Wildman–Crippen LogP) is 3.66. The zero-order valence-electron chi connectivity index (χ0n) is 13.2. The molecule has 0 bridgehead atoms. The molecule has 3 rings (SSSR count). The molecular formula is C17H11ClFN5OS. The van der Waals surface area contributed by atoms with E-state index in [0.29, 0.717) is 22.1 Å². The molecule has 26 heavy (non-hydrogen) atoms. The molecule has 0 atom stereocenters. The summed E-state index contributed by atoms with van der Waals surface area (Å²) in [4.78, 5) is 12.1. The van der Waals surface area contributed by atoms with Crippen molar-refractivity contribution < 1.29 is 9.18 Å². The number of nitrogens with zero attached hydrogens (tertiary/aromatic N) is 4. The first-order chi connectivity index (χ1) is 12.6. The summed E-state index contributed by atoms with van der Waals surface area (Å²) in [6, 6.07) is 12.8. The number of carbonyl (C=O) groups is 1. The molecule has 0 saturated heterocycles. The number of rotatable bonds is 5. The monoisotopic (exact) mass is 387 g/mol. The highest BCUT2D eigenvalue weighted by atomic mass is 35.5. The van der Waals surface area contributed by atoms with Gasteiger partial charge in [0, 0.05) is 5.69 Å². The highest BCUT2D eigenvalue weighted by Crippen LogP contribution is 2.23. The van der Waals surface area contributed by atoms with Gasteiger partial charge in [-0.2, -0.15) is 5.26 Å². The normalized spacial score (nSPS) is 10.3. The Balaban J connectivity index is 1.66. The topological polar surface area (TPSA) is 83.6 Å². The molecule has 130 valence electrons. The minimum absolute atomic E-state index is 0.0464. The molecule has 0 spiro atoms. The Bertz CT molecular complexity index is 1000. The molecule has 1 heterocycles. The summed E-state index contributed by atoms with van der Waals surface area (Å²) >= 11 is 7.06. The van der Waals surface area contributed by atoms with Crippen molar-refractivity contribution in [2.45, 2.75) is 5.16 Å². The van der Waals surface area contributed by atoms with E-state index >= 15 is 0 Å². The van der Waals surface area contributed by atoms with Gasteiger partial charge in [0.05, 0.1) is 22.0 Å². The van der Waals surface area contributed by atoms with Gasteiger partial charge in [0.1, 0.15) is 18.2 Å². The molecule has 1 N–H and O–H groups in total. The third-order valence-corrected chi connectivity index (χ3v) is 4.59. The number of nitriles is 1. The van der Waals surface area contributed by atoms with Crippen molar-refractivity contribution in [3.8, 4) is 11.8 Å². The molecule has 0 saturated carbocycles. The van der Waals surface area contributed by atoms with E-state index in [1.807, 2.05) is 6.07 Å². The van der Waals surface area contributed by atoms with Crippen LogP contribution in [0, 0.1) is 17.1 Å². The first-order valence-electron chi connectivity index (χ1n) is 7.35. The molecule has 0 aliphatic heterocycles. The van der Waals surface area contributed by atoms with E-state index in [-0.39, 0.29) is 16.7 Å². The number of carbonyl (C=O) groups excluding carboxylic acids is 1. The summed E-state index contributed by atoms with van der Waals surface area (Å²) in [5, 5.41) is 19.9. The smallest absolute Gasteiger partial charge is 0.234 e. The molecule has 0 aliphatic carbocycles. The van der Waals surface area contributed by atoms with Gasteiger partial charge in [0.15, 0.2) is 5.16 Å². The zero-order chi connectivity index (χ0) is 18.5. The van der Waals surface area contributed by atoms with E-state index in [1.54, 1.807) is 24.3 Å². The maximum Gasteiger partial charge on any atom is 0.234 e.